The first-order valence-corrected chi connectivity index (χ1v) is 9.86. The predicted octanol–water partition coefficient (Wildman–Crippen LogP) is 2.43. The van der Waals surface area contributed by atoms with Crippen molar-refractivity contribution in [2.75, 3.05) is 31.5 Å². The second-order valence-corrected chi connectivity index (χ2v) is 7.68. The summed E-state index contributed by atoms with van der Waals surface area (Å²) >= 11 is 0. The molecule has 3 amide bonds. The summed E-state index contributed by atoms with van der Waals surface area (Å²) in [6.45, 7) is 6.03. The summed E-state index contributed by atoms with van der Waals surface area (Å²) in [6, 6.07) is 7.78. The number of nitrogens with one attached hydrogen (secondary N) is 1. The van der Waals surface area contributed by atoms with Crippen LogP contribution in [-0.2, 0) is 14.4 Å². The number of carbonyl (C=O) groups excluding carboxylic acids is 3. The van der Waals surface area contributed by atoms with Crippen LogP contribution in [0.2, 0.25) is 0 Å². The molecule has 146 valence electrons. The van der Waals surface area contributed by atoms with Crippen LogP contribution >= 0.6 is 0 Å². The van der Waals surface area contributed by atoms with Crippen molar-refractivity contribution >= 4 is 23.4 Å². The van der Waals surface area contributed by atoms with E-state index < -0.39 is 0 Å². The fourth-order valence-electron chi connectivity index (χ4n) is 4.05. The zero-order valence-electron chi connectivity index (χ0n) is 16.2. The number of benzene rings is 1. The minimum absolute atomic E-state index is 0.0105. The minimum Gasteiger partial charge on any atom is -0.339 e. The molecule has 2 aliphatic rings. The van der Waals surface area contributed by atoms with Crippen molar-refractivity contribution in [2.24, 2.45) is 11.8 Å². The average molecular weight is 371 g/mol. The zero-order chi connectivity index (χ0) is 19.4. The van der Waals surface area contributed by atoms with Crippen LogP contribution in [0.15, 0.2) is 24.3 Å². The molecule has 0 bridgehead atoms. The molecule has 6 nitrogen and oxygen atoms in total. The van der Waals surface area contributed by atoms with Gasteiger partial charge in [0, 0.05) is 50.6 Å². The molecular weight excluding hydrogens is 342 g/mol. The van der Waals surface area contributed by atoms with Crippen LogP contribution in [0.1, 0.15) is 38.2 Å². The molecule has 0 atom stereocenters. The molecule has 1 aliphatic heterocycles. The van der Waals surface area contributed by atoms with Crippen LogP contribution < -0.4 is 5.32 Å². The zero-order valence-corrected chi connectivity index (χ0v) is 16.2. The normalized spacial score (nSPS) is 23.0. The number of piperazine rings is 1. The SMILES string of the molecule is CC(=O)N1CCN(C(=O)C2CCC(C(=O)Nc3ccccc3C)CC2)CC1. The number of hydrogen-bond acceptors (Lipinski definition) is 3. The van der Waals surface area contributed by atoms with Crippen LogP contribution in [0.25, 0.3) is 0 Å². The maximum atomic E-state index is 12.8. The van der Waals surface area contributed by atoms with Crippen molar-refractivity contribution in [3.63, 3.8) is 0 Å². The number of amides is 3. The Hall–Kier alpha value is -2.37. The molecule has 3 rings (SSSR count). The quantitative estimate of drug-likeness (QED) is 0.887. The van der Waals surface area contributed by atoms with E-state index in [1.165, 1.54) is 0 Å². The standard InChI is InChI=1S/C21H29N3O3/c1-15-5-3-4-6-19(15)22-20(26)17-7-9-18(10-8-17)21(27)24-13-11-23(12-14-24)16(2)25/h3-6,17-18H,7-14H2,1-2H3,(H,22,26). The maximum absolute atomic E-state index is 12.8. The Bertz CT molecular complexity index is 702. The molecule has 1 aromatic rings. The summed E-state index contributed by atoms with van der Waals surface area (Å²) in [7, 11) is 0. The van der Waals surface area contributed by atoms with E-state index in [0.29, 0.717) is 26.2 Å². The molecule has 1 heterocycles. The van der Waals surface area contributed by atoms with E-state index in [9.17, 15) is 14.4 Å². The van der Waals surface area contributed by atoms with Crippen LogP contribution in [0.3, 0.4) is 0 Å². The Morgan fingerprint density at radius 3 is 2.04 bits per heavy atom. The van der Waals surface area contributed by atoms with E-state index >= 15 is 0 Å². The van der Waals surface area contributed by atoms with Crippen molar-refractivity contribution in [1.29, 1.82) is 0 Å². The van der Waals surface area contributed by atoms with Gasteiger partial charge in [0.15, 0.2) is 0 Å². The summed E-state index contributed by atoms with van der Waals surface area (Å²) in [5.74, 6) is 0.308. The Kier molecular flexibility index (Phi) is 6.14. The largest absolute Gasteiger partial charge is 0.339 e. The Morgan fingerprint density at radius 1 is 0.889 bits per heavy atom. The van der Waals surface area contributed by atoms with Crippen molar-refractivity contribution in [2.45, 2.75) is 39.5 Å². The monoisotopic (exact) mass is 371 g/mol. The second kappa shape index (κ2) is 8.55. The van der Waals surface area contributed by atoms with Gasteiger partial charge in [-0.25, -0.2) is 0 Å². The fourth-order valence-corrected chi connectivity index (χ4v) is 4.05. The molecular formula is C21H29N3O3. The molecule has 2 fully saturated rings. The van der Waals surface area contributed by atoms with E-state index in [4.69, 9.17) is 0 Å². The van der Waals surface area contributed by atoms with Gasteiger partial charge in [-0.3, -0.25) is 14.4 Å². The fraction of sp³-hybridized carbons (Fsp3) is 0.571. The maximum Gasteiger partial charge on any atom is 0.227 e. The highest BCUT2D eigenvalue weighted by molar-refractivity contribution is 5.93. The third kappa shape index (κ3) is 4.67. The molecule has 0 unspecified atom stereocenters. The van der Waals surface area contributed by atoms with Crippen LogP contribution in [0, 0.1) is 18.8 Å². The van der Waals surface area contributed by atoms with Gasteiger partial charge in [0.2, 0.25) is 17.7 Å². The van der Waals surface area contributed by atoms with Crippen molar-refractivity contribution in [1.82, 2.24) is 9.80 Å². The third-order valence-corrected chi connectivity index (χ3v) is 5.89. The molecule has 0 spiro atoms. The summed E-state index contributed by atoms with van der Waals surface area (Å²) in [5.41, 5.74) is 1.92. The Balaban J connectivity index is 1.47. The van der Waals surface area contributed by atoms with Crippen molar-refractivity contribution in [3.05, 3.63) is 29.8 Å². The smallest absolute Gasteiger partial charge is 0.227 e. The van der Waals surface area contributed by atoms with E-state index in [1.807, 2.05) is 36.1 Å². The topological polar surface area (TPSA) is 69.7 Å². The lowest BCUT2D eigenvalue weighted by atomic mass is 9.80. The highest BCUT2D eigenvalue weighted by Crippen LogP contribution is 2.31. The summed E-state index contributed by atoms with van der Waals surface area (Å²) < 4.78 is 0. The van der Waals surface area contributed by atoms with E-state index in [2.05, 4.69) is 5.32 Å². The number of aryl methyl sites for hydroxylation is 1. The lowest BCUT2D eigenvalue weighted by molar-refractivity contribution is -0.142. The molecule has 6 heteroatoms. The lowest BCUT2D eigenvalue weighted by Crippen LogP contribution is -2.51. The number of anilines is 1. The number of carbonyl (C=O) groups is 3. The summed E-state index contributed by atoms with van der Waals surface area (Å²) in [4.78, 5) is 40.4. The number of para-hydroxylation sites is 1. The van der Waals surface area contributed by atoms with E-state index in [1.54, 1.807) is 11.8 Å². The van der Waals surface area contributed by atoms with Crippen LogP contribution in [0.4, 0.5) is 5.69 Å². The van der Waals surface area contributed by atoms with Gasteiger partial charge in [-0.1, -0.05) is 18.2 Å². The third-order valence-electron chi connectivity index (χ3n) is 5.89. The van der Waals surface area contributed by atoms with E-state index in [0.717, 1.165) is 36.9 Å². The number of hydrogen-bond donors (Lipinski definition) is 1. The molecule has 1 saturated carbocycles. The van der Waals surface area contributed by atoms with Gasteiger partial charge in [-0.05, 0) is 44.2 Å². The summed E-state index contributed by atoms with van der Waals surface area (Å²) in [6.07, 6.45) is 3.03. The highest BCUT2D eigenvalue weighted by Gasteiger charge is 2.33. The Morgan fingerprint density at radius 2 is 1.44 bits per heavy atom. The molecule has 0 aromatic heterocycles. The van der Waals surface area contributed by atoms with Crippen LogP contribution in [-0.4, -0.2) is 53.7 Å². The summed E-state index contributed by atoms with van der Waals surface area (Å²) in [5, 5.41) is 3.03. The van der Waals surface area contributed by atoms with Gasteiger partial charge in [-0.2, -0.15) is 0 Å². The van der Waals surface area contributed by atoms with Gasteiger partial charge in [0.05, 0.1) is 0 Å². The van der Waals surface area contributed by atoms with Crippen molar-refractivity contribution in [3.8, 4) is 0 Å². The second-order valence-electron chi connectivity index (χ2n) is 7.68. The molecule has 1 N–H and O–H groups in total. The highest BCUT2D eigenvalue weighted by atomic mass is 16.2. The lowest BCUT2D eigenvalue weighted by Gasteiger charge is -2.37. The molecule has 1 aliphatic carbocycles. The van der Waals surface area contributed by atoms with Gasteiger partial charge in [-0.15, -0.1) is 0 Å². The molecule has 27 heavy (non-hydrogen) atoms. The van der Waals surface area contributed by atoms with Crippen molar-refractivity contribution < 1.29 is 14.4 Å². The van der Waals surface area contributed by atoms with Crippen LogP contribution in [0.5, 0.6) is 0 Å². The minimum atomic E-state index is -0.0248. The Labute approximate surface area is 160 Å². The molecule has 1 aromatic carbocycles. The first-order valence-electron chi connectivity index (χ1n) is 9.86. The van der Waals surface area contributed by atoms with Gasteiger partial charge < -0.3 is 15.1 Å². The molecule has 1 saturated heterocycles. The number of nitrogens with zero attached hydrogens (tertiary/aromatic N) is 2. The van der Waals surface area contributed by atoms with Gasteiger partial charge in [0.25, 0.3) is 0 Å². The predicted molar refractivity (Wildman–Crippen MR) is 104 cm³/mol. The molecule has 0 radical (unpaired) electrons. The van der Waals surface area contributed by atoms with Gasteiger partial charge in [0.1, 0.15) is 0 Å². The first kappa shape index (κ1) is 19.4. The average Bonchev–Trinajstić information content (AvgIpc) is 2.69. The first-order chi connectivity index (χ1) is 13.0. The number of rotatable bonds is 3. The van der Waals surface area contributed by atoms with Gasteiger partial charge >= 0.3 is 0 Å². The van der Waals surface area contributed by atoms with E-state index in [-0.39, 0.29) is 29.6 Å².